The highest BCUT2D eigenvalue weighted by atomic mass is 19.3. The van der Waals surface area contributed by atoms with Crippen molar-refractivity contribution in [2.75, 3.05) is 0 Å². The number of hydrogen-bond acceptors (Lipinski definition) is 3. The quantitative estimate of drug-likeness (QED) is 0.758. The van der Waals surface area contributed by atoms with Crippen molar-refractivity contribution in [2.45, 2.75) is 50.7 Å². The summed E-state index contributed by atoms with van der Waals surface area (Å²) in [6.45, 7) is 1.00. The van der Waals surface area contributed by atoms with Gasteiger partial charge in [-0.1, -0.05) is 30.3 Å². The van der Waals surface area contributed by atoms with Crippen LogP contribution in [0, 0.1) is 5.92 Å². The monoisotopic (exact) mass is 341 g/mol. The molecule has 2 rings (SSSR count). The lowest BCUT2D eigenvalue weighted by molar-refractivity contribution is -0.149. The second-order valence-corrected chi connectivity index (χ2v) is 6.50. The molecule has 1 fully saturated rings. The van der Waals surface area contributed by atoms with Gasteiger partial charge in [0, 0.05) is 12.8 Å². The van der Waals surface area contributed by atoms with E-state index in [4.69, 9.17) is 4.74 Å². The molecule has 1 saturated carbocycles. The Kier molecular flexibility index (Phi) is 5.41. The van der Waals surface area contributed by atoms with E-state index in [2.05, 4.69) is 5.32 Å². The minimum absolute atomic E-state index is 0.0527. The Labute approximate surface area is 139 Å². The van der Waals surface area contributed by atoms with Gasteiger partial charge in [0.05, 0.1) is 0 Å². The zero-order valence-corrected chi connectivity index (χ0v) is 13.4. The van der Waals surface area contributed by atoms with E-state index in [1.165, 1.54) is 0 Å². The third-order valence-electron chi connectivity index (χ3n) is 3.96. The number of aliphatic carboxylic acids is 1. The summed E-state index contributed by atoms with van der Waals surface area (Å²) in [7, 11) is 0. The van der Waals surface area contributed by atoms with Crippen molar-refractivity contribution in [3.63, 3.8) is 0 Å². The van der Waals surface area contributed by atoms with E-state index < -0.39 is 29.9 Å². The first-order chi connectivity index (χ1) is 11.2. The first kappa shape index (κ1) is 18.2. The number of carbonyl (C=O) groups excluding carboxylic acids is 1. The summed E-state index contributed by atoms with van der Waals surface area (Å²) >= 11 is 0. The lowest BCUT2D eigenvalue weighted by Crippen LogP contribution is -2.55. The number of halogens is 2. The van der Waals surface area contributed by atoms with Gasteiger partial charge in [-0.3, -0.25) is 0 Å². The molecule has 1 atom stereocenters. The van der Waals surface area contributed by atoms with Crippen molar-refractivity contribution in [2.24, 2.45) is 5.92 Å². The summed E-state index contributed by atoms with van der Waals surface area (Å²) in [6.07, 6.45) is -0.869. The SMILES string of the molecule is C[C@@](CC(F)(F)CC1CC1)(NC(=O)OCc1ccccc1)C(=O)O. The van der Waals surface area contributed by atoms with Gasteiger partial charge in [0.25, 0.3) is 5.92 Å². The fourth-order valence-electron chi connectivity index (χ4n) is 2.49. The van der Waals surface area contributed by atoms with Gasteiger partial charge in [0.15, 0.2) is 0 Å². The Hall–Kier alpha value is -2.18. The summed E-state index contributed by atoms with van der Waals surface area (Å²) in [6, 6.07) is 8.78. The molecule has 7 heteroatoms. The fourth-order valence-corrected chi connectivity index (χ4v) is 2.49. The Morgan fingerprint density at radius 1 is 1.29 bits per heavy atom. The molecule has 1 aliphatic carbocycles. The molecular weight excluding hydrogens is 320 g/mol. The lowest BCUT2D eigenvalue weighted by Gasteiger charge is -2.30. The van der Waals surface area contributed by atoms with Crippen molar-refractivity contribution in [3.05, 3.63) is 35.9 Å². The van der Waals surface area contributed by atoms with Crippen LogP contribution in [-0.4, -0.2) is 28.6 Å². The van der Waals surface area contributed by atoms with E-state index in [1.54, 1.807) is 30.3 Å². The van der Waals surface area contributed by atoms with Crippen LogP contribution in [0.2, 0.25) is 0 Å². The molecule has 0 spiro atoms. The number of rotatable bonds is 8. The van der Waals surface area contributed by atoms with E-state index in [-0.39, 0.29) is 18.9 Å². The topological polar surface area (TPSA) is 75.6 Å². The summed E-state index contributed by atoms with van der Waals surface area (Å²) in [4.78, 5) is 23.2. The molecule has 1 aliphatic rings. The van der Waals surface area contributed by atoms with Crippen LogP contribution in [0.25, 0.3) is 0 Å². The second kappa shape index (κ2) is 7.15. The number of ether oxygens (including phenoxy) is 1. The van der Waals surface area contributed by atoms with Crippen molar-refractivity contribution in [1.82, 2.24) is 5.32 Å². The Morgan fingerprint density at radius 3 is 2.46 bits per heavy atom. The molecule has 0 radical (unpaired) electrons. The highest BCUT2D eigenvalue weighted by Crippen LogP contribution is 2.42. The van der Waals surface area contributed by atoms with E-state index in [0.29, 0.717) is 5.56 Å². The van der Waals surface area contributed by atoms with Crippen molar-refractivity contribution >= 4 is 12.1 Å². The number of carboxylic acid groups (broad SMARTS) is 1. The predicted molar refractivity (Wildman–Crippen MR) is 82.7 cm³/mol. The molecule has 0 saturated heterocycles. The molecular formula is C17H21F2NO4. The molecule has 0 aliphatic heterocycles. The van der Waals surface area contributed by atoms with Crippen LogP contribution < -0.4 is 5.32 Å². The molecule has 1 aromatic rings. The van der Waals surface area contributed by atoms with Gasteiger partial charge in [-0.2, -0.15) is 0 Å². The molecule has 0 unspecified atom stereocenters. The van der Waals surface area contributed by atoms with E-state index in [0.717, 1.165) is 19.8 Å². The standard InChI is InChI=1S/C17H21F2NO4/c1-16(14(21)22,11-17(18,19)9-12-7-8-12)20-15(23)24-10-13-5-3-2-4-6-13/h2-6,12H,7-11H2,1H3,(H,20,23)(H,21,22)/t16-/m0/s1. The Bertz CT molecular complexity index is 590. The average Bonchev–Trinajstić information content (AvgIpc) is 3.28. The van der Waals surface area contributed by atoms with Crippen molar-refractivity contribution in [3.8, 4) is 0 Å². The third-order valence-corrected chi connectivity index (χ3v) is 3.96. The average molecular weight is 341 g/mol. The first-order valence-corrected chi connectivity index (χ1v) is 7.80. The molecule has 5 nitrogen and oxygen atoms in total. The van der Waals surface area contributed by atoms with Crippen LogP contribution in [-0.2, 0) is 16.1 Å². The van der Waals surface area contributed by atoms with Gasteiger partial charge in [-0.15, -0.1) is 0 Å². The van der Waals surface area contributed by atoms with E-state index in [1.807, 2.05) is 0 Å². The minimum atomic E-state index is -3.15. The normalized spacial score (nSPS) is 17.0. The van der Waals surface area contributed by atoms with Crippen LogP contribution in [0.4, 0.5) is 13.6 Å². The predicted octanol–water partition coefficient (Wildman–Crippen LogP) is 3.58. The molecule has 2 N–H and O–H groups in total. The van der Waals surface area contributed by atoms with Gasteiger partial charge >= 0.3 is 12.1 Å². The Morgan fingerprint density at radius 2 is 1.92 bits per heavy atom. The maximum atomic E-state index is 14.0. The summed E-state index contributed by atoms with van der Waals surface area (Å²) < 4.78 is 33.0. The van der Waals surface area contributed by atoms with Crippen LogP contribution in [0.1, 0.15) is 38.2 Å². The lowest BCUT2D eigenvalue weighted by atomic mass is 9.91. The Balaban J connectivity index is 1.93. The van der Waals surface area contributed by atoms with Crippen LogP contribution in [0.15, 0.2) is 30.3 Å². The molecule has 24 heavy (non-hydrogen) atoms. The molecule has 0 heterocycles. The number of alkyl carbamates (subject to hydrolysis) is 1. The maximum Gasteiger partial charge on any atom is 0.408 e. The largest absolute Gasteiger partial charge is 0.480 e. The molecule has 0 bridgehead atoms. The van der Waals surface area contributed by atoms with Crippen LogP contribution in [0.3, 0.4) is 0 Å². The zero-order valence-electron chi connectivity index (χ0n) is 13.4. The fraction of sp³-hybridized carbons (Fsp3) is 0.529. The van der Waals surface area contributed by atoms with Crippen LogP contribution >= 0.6 is 0 Å². The minimum Gasteiger partial charge on any atom is -0.480 e. The first-order valence-electron chi connectivity index (χ1n) is 7.80. The molecule has 1 aromatic carbocycles. The number of amides is 1. The third kappa shape index (κ3) is 5.47. The van der Waals surface area contributed by atoms with Crippen LogP contribution in [0.5, 0.6) is 0 Å². The van der Waals surface area contributed by atoms with Gasteiger partial charge < -0.3 is 15.2 Å². The number of carboxylic acids is 1. The van der Waals surface area contributed by atoms with E-state index in [9.17, 15) is 23.5 Å². The smallest absolute Gasteiger partial charge is 0.408 e. The van der Waals surface area contributed by atoms with Gasteiger partial charge in [-0.25, -0.2) is 18.4 Å². The van der Waals surface area contributed by atoms with Crippen molar-refractivity contribution < 1.29 is 28.2 Å². The summed E-state index contributed by atoms with van der Waals surface area (Å²) in [5.74, 6) is -4.72. The molecule has 132 valence electrons. The van der Waals surface area contributed by atoms with Crippen molar-refractivity contribution in [1.29, 1.82) is 0 Å². The number of carbonyl (C=O) groups is 2. The highest BCUT2D eigenvalue weighted by Gasteiger charge is 2.47. The molecule has 0 aromatic heterocycles. The number of hydrogen-bond donors (Lipinski definition) is 2. The number of alkyl halides is 2. The van der Waals surface area contributed by atoms with Gasteiger partial charge in [0.2, 0.25) is 0 Å². The van der Waals surface area contributed by atoms with Gasteiger partial charge in [-0.05, 0) is 31.2 Å². The van der Waals surface area contributed by atoms with Gasteiger partial charge in [0.1, 0.15) is 12.1 Å². The zero-order chi connectivity index (χ0) is 17.8. The van der Waals surface area contributed by atoms with E-state index >= 15 is 0 Å². The number of benzene rings is 1. The highest BCUT2D eigenvalue weighted by molar-refractivity contribution is 5.84. The second-order valence-electron chi connectivity index (χ2n) is 6.50. The maximum absolute atomic E-state index is 14.0. The molecule has 1 amide bonds. The summed E-state index contributed by atoms with van der Waals surface area (Å²) in [5, 5.41) is 11.3. The number of nitrogens with one attached hydrogen (secondary N) is 1. The summed E-state index contributed by atoms with van der Waals surface area (Å²) in [5.41, 5.74) is -1.38.